The van der Waals surface area contributed by atoms with Gasteiger partial charge >= 0.3 is 0 Å². The van der Waals surface area contributed by atoms with Gasteiger partial charge in [-0.1, -0.05) is 12.1 Å². The summed E-state index contributed by atoms with van der Waals surface area (Å²) in [6.07, 6.45) is 0.680. The average Bonchev–Trinajstić information content (AvgIpc) is 2.93. The molecule has 0 atom stereocenters. The van der Waals surface area contributed by atoms with Crippen LogP contribution in [0.3, 0.4) is 0 Å². The molecule has 0 unspecified atom stereocenters. The summed E-state index contributed by atoms with van der Waals surface area (Å²) >= 11 is 0. The van der Waals surface area contributed by atoms with Gasteiger partial charge in [0, 0.05) is 12.0 Å². The van der Waals surface area contributed by atoms with E-state index in [4.69, 9.17) is 9.26 Å². The van der Waals surface area contributed by atoms with E-state index < -0.39 is 0 Å². The minimum atomic E-state index is -0.189. The first kappa shape index (κ1) is 13.1. The van der Waals surface area contributed by atoms with Crippen LogP contribution >= 0.6 is 0 Å². The zero-order valence-corrected chi connectivity index (χ0v) is 10.8. The van der Waals surface area contributed by atoms with Crippen LogP contribution in [0.5, 0.6) is 5.75 Å². The zero-order valence-electron chi connectivity index (χ0n) is 10.8. The van der Waals surface area contributed by atoms with Crippen molar-refractivity contribution in [2.24, 2.45) is 0 Å². The molecule has 19 heavy (non-hydrogen) atoms. The van der Waals surface area contributed by atoms with E-state index in [0.717, 1.165) is 0 Å². The third-order valence-corrected chi connectivity index (χ3v) is 2.57. The third kappa shape index (κ3) is 3.31. The highest BCUT2D eigenvalue weighted by atomic mass is 16.5. The summed E-state index contributed by atoms with van der Waals surface area (Å²) in [5.41, 5.74) is 0.556. The quantitative estimate of drug-likeness (QED) is 0.884. The molecular weight excluding hydrogens is 246 g/mol. The molecule has 0 spiro atoms. The van der Waals surface area contributed by atoms with Gasteiger partial charge < -0.3 is 14.6 Å². The van der Waals surface area contributed by atoms with E-state index in [2.05, 4.69) is 15.5 Å². The molecule has 0 saturated heterocycles. The number of nitrogens with one attached hydrogen (secondary N) is 1. The van der Waals surface area contributed by atoms with Crippen LogP contribution in [0.1, 0.15) is 29.0 Å². The standard InChI is InChI=1S/C13H15N3O3/c1-3-12-15-11(16-19-12)8-14-13(17)9-4-6-10(18-2)7-5-9/h4-7H,3,8H2,1-2H3,(H,14,17). The molecule has 1 aromatic carbocycles. The summed E-state index contributed by atoms with van der Waals surface area (Å²) in [7, 11) is 1.58. The fourth-order valence-electron chi connectivity index (χ4n) is 1.51. The summed E-state index contributed by atoms with van der Waals surface area (Å²) in [5, 5.41) is 6.48. The Kier molecular flexibility index (Phi) is 4.12. The molecule has 2 rings (SSSR count). The van der Waals surface area contributed by atoms with E-state index in [1.807, 2.05) is 6.92 Å². The van der Waals surface area contributed by atoms with Crippen molar-refractivity contribution < 1.29 is 14.1 Å². The van der Waals surface area contributed by atoms with Crippen LogP contribution in [0.25, 0.3) is 0 Å². The Labute approximate surface area is 110 Å². The van der Waals surface area contributed by atoms with Crippen molar-refractivity contribution in [1.82, 2.24) is 15.5 Å². The number of ether oxygens (including phenoxy) is 1. The van der Waals surface area contributed by atoms with E-state index >= 15 is 0 Å². The first-order valence-electron chi connectivity index (χ1n) is 5.96. The maximum Gasteiger partial charge on any atom is 0.251 e. The normalized spacial score (nSPS) is 10.2. The molecule has 1 amide bonds. The fourth-order valence-corrected chi connectivity index (χ4v) is 1.51. The highest BCUT2D eigenvalue weighted by Gasteiger charge is 2.08. The van der Waals surface area contributed by atoms with Gasteiger partial charge in [0.1, 0.15) is 5.75 Å². The van der Waals surface area contributed by atoms with E-state index in [1.54, 1.807) is 31.4 Å². The molecule has 0 aliphatic heterocycles. The lowest BCUT2D eigenvalue weighted by molar-refractivity contribution is 0.0949. The Bertz CT molecular complexity index is 549. The van der Waals surface area contributed by atoms with Crippen molar-refractivity contribution in [3.05, 3.63) is 41.5 Å². The van der Waals surface area contributed by atoms with Crippen LogP contribution in [0.4, 0.5) is 0 Å². The summed E-state index contributed by atoms with van der Waals surface area (Å²) in [6, 6.07) is 6.86. The smallest absolute Gasteiger partial charge is 0.251 e. The van der Waals surface area contributed by atoms with Gasteiger partial charge in [-0.15, -0.1) is 0 Å². The highest BCUT2D eigenvalue weighted by molar-refractivity contribution is 5.94. The third-order valence-electron chi connectivity index (χ3n) is 2.57. The number of benzene rings is 1. The molecule has 0 radical (unpaired) electrons. The second-order valence-corrected chi connectivity index (χ2v) is 3.87. The van der Waals surface area contributed by atoms with Crippen LogP contribution in [0, 0.1) is 0 Å². The lowest BCUT2D eigenvalue weighted by atomic mass is 10.2. The molecule has 1 N–H and O–H groups in total. The van der Waals surface area contributed by atoms with E-state index in [-0.39, 0.29) is 12.5 Å². The van der Waals surface area contributed by atoms with Crippen molar-refractivity contribution in [1.29, 1.82) is 0 Å². The molecule has 0 aliphatic carbocycles. The molecule has 6 heteroatoms. The summed E-state index contributed by atoms with van der Waals surface area (Å²) in [4.78, 5) is 16.0. The monoisotopic (exact) mass is 261 g/mol. The summed E-state index contributed by atoms with van der Waals surface area (Å²) in [6.45, 7) is 2.17. The maximum atomic E-state index is 11.9. The van der Waals surface area contributed by atoms with Gasteiger partial charge in [-0.3, -0.25) is 4.79 Å². The van der Waals surface area contributed by atoms with Crippen LogP contribution < -0.4 is 10.1 Å². The van der Waals surface area contributed by atoms with E-state index in [0.29, 0.717) is 29.4 Å². The van der Waals surface area contributed by atoms with Gasteiger partial charge in [-0.25, -0.2) is 0 Å². The Morgan fingerprint density at radius 3 is 2.68 bits per heavy atom. The Morgan fingerprint density at radius 1 is 1.37 bits per heavy atom. The molecule has 1 aromatic heterocycles. The summed E-state index contributed by atoms with van der Waals surface area (Å²) < 4.78 is 9.98. The molecule has 0 aliphatic rings. The van der Waals surface area contributed by atoms with Crippen molar-refractivity contribution in [3.63, 3.8) is 0 Å². The minimum absolute atomic E-state index is 0.189. The van der Waals surface area contributed by atoms with Crippen LogP contribution in [-0.2, 0) is 13.0 Å². The second kappa shape index (κ2) is 5.99. The molecule has 1 heterocycles. The Hall–Kier alpha value is -2.37. The molecule has 0 fully saturated rings. The van der Waals surface area contributed by atoms with Gasteiger partial charge in [0.15, 0.2) is 5.82 Å². The van der Waals surface area contributed by atoms with Gasteiger partial charge in [0.05, 0.1) is 13.7 Å². The number of methoxy groups -OCH3 is 1. The number of nitrogens with zero attached hydrogens (tertiary/aromatic N) is 2. The van der Waals surface area contributed by atoms with Crippen LogP contribution in [-0.4, -0.2) is 23.2 Å². The molecule has 6 nitrogen and oxygen atoms in total. The van der Waals surface area contributed by atoms with Crippen molar-refractivity contribution in [2.45, 2.75) is 19.9 Å². The molecular formula is C13H15N3O3. The fraction of sp³-hybridized carbons (Fsp3) is 0.308. The largest absolute Gasteiger partial charge is 0.497 e. The lowest BCUT2D eigenvalue weighted by Gasteiger charge is -2.03. The van der Waals surface area contributed by atoms with Gasteiger partial charge in [0.2, 0.25) is 5.89 Å². The number of aryl methyl sites for hydroxylation is 1. The number of amides is 1. The maximum absolute atomic E-state index is 11.9. The predicted molar refractivity (Wildman–Crippen MR) is 67.8 cm³/mol. The number of hydrogen-bond donors (Lipinski definition) is 1. The number of rotatable bonds is 5. The second-order valence-electron chi connectivity index (χ2n) is 3.87. The van der Waals surface area contributed by atoms with Crippen LogP contribution in [0.15, 0.2) is 28.8 Å². The number of carbonyl (C=O) groups is 1. The SMILES string of the molecule is CCc1nc(CNC(=O)c2ccc(OC)cc2)no1. The van der Waals surface area contributed by atoms with Crippen molar-refractivity contribution >= 4 is 5.91 Å². The van der Waals surface area contributed by atoms with Crippen molar-refractivity contribution in [3.8, 4) is 5.75 Å². The van der Waals surface area contributed by atoms with Crippen LogP contribution in [0.2, 0.25) is 0 Å². The van der Waals surface area contributed by atoms with Gasteiger partial charge in [0.25, 0.3) is 5.91 Å². The molecule has 2 aromatic rings. The average molecular weight is 261 g/mol. The van der Waals surface area contributed by atoms with Crippen molar-refractivity contribution in [2.75, 3.05) is 7.11 Å². The van der Waals surface area contributed by atoms with E-state index in [9.17, 15) is 4.79 Å². The Morgan fingerprint density at radius 2 is 2.11 bits per heavy atom. The topological polar surface area (TPSA) is 77.2 Å². The summed E-state index contributed by atoms with van der Waals surface area (Å²) in [5.74, 6) is 1.56. The molecule has 100 valence electrons. The number of aromatic nitrogens is 2. The minimum Gasteiger partial charge on any atom is -0.497 e. The van der Waals surface area contributed by atoms with Gasteiger partial charge in [-0.05, 0) is 24.3 Å². The lowest BCUT2D eigenvalue weighted by Crippen LogP contribution is -2.23. The van der Waals surface area contributed by atoms with E-state index in [1.165, 1.54) is 0 Å². The molecule has 0 saturated carbocycles. The number of carbonyl (C=O) groups excluding carboxylic acids is 1. The Balaban J connectivity index is 1.93. The predicted octanol–water partition coefficient (Wildman–Crippen LogP) is 1.57. The molecule has 0 bridgehead atoms. The first-order chi connectivity index (χ1) is 9.22. The first-order valence-corrected chi connectivity index (χ1v) is 5.96. The highest BCUT2D eigenvalue weighted by Crippen LogP contribution is 2.11. The van der Waals surface area contributed by atoms with Gasteiger partial charge in [-0.2, -0.15) is 4.98 Å². The number of hydrogen-bond acceptors (Lipinski definition) is 5. The zero-order chi connectivity index (χ0) is 13.7.